The molecular formula is C26H32FN5O5. The Morgan fingerprint density at radius 2 is 2.14 bits per heavy atom. The Morgan fingerprint density at radius 1 is 1.27 bits per heavy atom. The number of carbonyl (C=O) groups excluding carboxylic acids is 2. The van der Waals surface area contributed by atoms with E-state index in [2.05, 4.69) is 15.6 Å². The van der Waals surface area contributed by atoms with Crippen molar-refractivity contribution in [3.05, 3.63) is 41.2 Å². The number of nitrogens with zero attached hydrogens (tertiary/aromatic N) is 3. The molecule has 1 aliphatic carbocycles. The largest absolute Gasteiger partial charge is 0.492 e. The lowest BCUT2D eigenvalue weighted by molar-refractivity contribution is -0.118. The highest BCUT2D eigenvalue weighted by atomic mass is 19.1. The molecule has 198 valence electrons. The molecule has 1 aromatic heterocycles. The molecule has 3 heterocycles. The lowest BCUT2D eigenvalue weighted by atomic mass is 10.1. The number of hydrogen-bond donors (Lipinski definition) is 2. The third-order valence-corrected chi connectivity index (χ3v) is 6.76. The summed E-state index contributed by atoms with van der Waals surface area (Å²) in [5.74, 6) is 1.59. The number of fused-ring (bicyclic) bond motifs is 2. The van der Waals surface area contributed by atoms with Crippen LogP contribution in [0.2, 0.25) is 0 Å². The number of carbonyl (C=O) groups is 2. The molecule has 0 radical (unpaired) electrons. The number of aromatic nitrogens is 1. The first kappa shape index (κ1) is 25.2. The van der Waals surface area contributed by atoms with Crippen molar-refractivity contribution >= 4 is 23.6 Å². The number of pyridine rings is 1. The standard InChI is InChI=1S/C26H32FN5O5/c1-31(2)7-8-35-19-11-17-9-16(10-20(17)21(27)12-19)13-28-6-5-18-14-32(26(34)37-18)23-4-3-22-25(29-23)30-24(33)15-36-22/h3-4,11-12,16,18,28H,5-10,13-15H2,1-2H3,(H,29,30,33). The lowest BCUT2D eigenvalue weighted by Gasteiger charge is -2.19. The van der Waals surface area contributed by atoms with Gasteiger partial charge in [0.1, 0.15) is 30.1 Å². The fraction of sp³-hybridized carbons (Fsp3) is 0.500. The fourth-order valence-corrected chi connectivity index (χ4v) is 4.85. The summed E-state index contributed by atoms with van der Waals surface area (Å²) in [5.41, 5.74) is 1.80. The molecule has 11 heteroatoms. The molecule has 2 atom stereocenters. The highest BCUT2D eigenvalue weighted by Gasteiger charge is 2.34. The van der Waals surface area contributed by atoms with Gasteiger partial charge >= 0.3 is 6.09 Å². The Hall–Kier alpha value is -3.44. The van der Waals surface area contributed by atoms with Crippen LogP contribution in [0.5, 0.6) is 11.5 Å². The van der Waals surface area contributed by atoms with Gasteiger partial charge in [-0.25, -0.2) is 14.2 Å². The maximum absolute atomic E-state index is 14.6. The number of rotatable bonds is 10. The number of ether oxygens (including phenoxy) is 3. The van der Waals surface area contributed by atoms with Crippen molar-refractivity contribution in [1.29, 1.82) is 0 Å². The van der Waals surface area contributed by atoms with E-state index >= 15 is 0 Å². The topological polar surface area (TPSA) is 105 Å². The Bertz CT molecular complexity index is 1180. The van der Waals surface area contributed by atoms with Gasteiger partial charge in [0.25, 0.3) is 5.91 Å². The summed E-state index contributed by atoms with van der Waals surface area (Å²) < 4.78 is 31.2. The number of nitrogens with one attached hydrogen (secondary N) is 2. The molecule has 2 N–H and O–H groups in total. The Morgan fingerprint density at radius 3 is 2.97 bits per heavy atom. The zero-order chi connectivity index (χ0) is 25.9. The quantitative estimate of drug-likeness (QED) is 0.466. The summed E-state index contributed by atoms with van der Waals surface area (Å²) in [6.07, 6.45) is 1.41. The maximum atomic E-state index is 14.6. The lowest BCUT2D eigenvalue weighted by Crippen LogP contribution is -2.30. The summed E-state index contributed by atoms with van der Waals surface area (Å²) in [7, 11) is 3.95. The van der Waals surface area contributed by atoms with Gasteiger partial charge in [0.2, 0.25) is 0 Å². The molecule has 37 heavy (non-hydrogen) atoms. The number of halogens is 1. The van der Waals surface area contributed by atoms with Crippen molar-refractivity contribution in [2.24, 2.45) is 5.92 Å². The highest BCUT2D eigenvalue weighted by molar-refractivity contribution is 5.95. The summed E-state index contributed by atoms with van der Waals surface area (Å²) in [4.78, 5) is 31.8. The molecule has 0 spiro atoms. The second-order valence-corrected chi connectivity index (χ2v) is 9.93. The molecule has 5 rings (SSSR count). The van der Waals surface area contributed by atoms with E-state index < -0.39 is 6.09 Å². The van der Waals surface area contributed by atoms with Gasteiger partial charge in [-0.05, 0) is 81.7 Å². The van der Waals surface area contributed by atoms with Gasteiger partial charge in [0.05, 0.1) is 6.54 Å². The fourth-order valence-electron chi connectivity index (χ4n) is 4.85. The van der Waals surface area contributed by atoms with Gasteiger partial charge in [-0.3, -0.25) is 9.69 Å². The monoisotopic (exact) mass is 513 g/mol. The van der Waals surface area contributed by atoms with E-state index in [1.54, 1.807) is 12.1 Å². The van der Waals surface area contributed by atoms with E-state index in [1.807, 2.05) is 25.1 Å². The second kappa shape index (κ2) is 10.9. The van der Waals surface area contributed by atoms with E-state index in [0.29, 0.717) is 61.6 Å². The van der Waals surface area contributed by atoms with Crippen LogP contribution >= 0.6 is 0 Å². The first-order valence-corrected chi connectivity index (χ1v) is 12.6. The molecule has 1 fully saturated rings. The zero-order valence-corrected chi connectivity index (χ0v) is 21.1. The number of likely N-dealkylation sites (N-methyl/N-ethyl adjacent to an activating group) is 1. The molecule has 0 bridgehead atoms. The molecule has 1 aromatic carbocycles. The minimum Gasteiger partial charge on any atom is -0.492 e. The molecule has 2 aromatic rings. The number of amides is 2. The normalized spacial score (nSPS) is 20.4. The SMILES string of the molecule is CN(C)CCOc1cc(F)c2c(c1)CC(CNCCC1CN(c3ccc4c(n3)NC(=O)CO4)C(=O)O1)C2. The number of hydrogen-bond acceptors (Lipinski definition) is 8. The van der Waals surface area contributed by atoms with Crippen LogP contribution in [-0.2, 0) is 22.4 Å². The van der Waals surface area contributed by atoms with Crippen molar-refractivity contribution in [2.75, 3.05) is 63.7 Å². The summed E-state index contributed by atoms with van der Waals surface area (Å²) in [5, 5.41) is 6.08. The Balaban J connectivity index is 1.07. The van der Waals surface area contributed by atoms with Crippen molar-refractivity contribution in [3.63, 3.8) is 0 Å². The van der Waals surface area contributed by atoms with E-state index in [0.717, 1.165) is 30.6 Å². The van der Waals surface area contributed by atoms with E-state index in [9.17, 15) is 14.0 Å². The Labute approximate surface area is 215 Å². The van der Waals surface area contributed by atoms with E-state index in [1.165, 1.54) is 11.0 Å². The molecule has 2 amide bonds. The molecule has 2 unspecified atom stereocenters. The van der Waals surface area contributed by atoms with Gasteiger partial charge in [-0.2, -0.15) is 0 Å². The predicted octanol–water partition coefficient (Wildman–Crippen LogP) is 2.21. The van der Waals surface area contributed by atoms with Crippen LogP contribution in [0.25, 0.3) is 0 Å². The van der Waals surface area contributed by atoms with E-state index in [4.69, 9.17) is 14.2 Å². The van der Waals surface area contributed by atoms with Gasteiger partial charge in [0, 0.05) is 12.6 Å². The highest BCUT2D eigenvalue weighted by Crippen LogP contribution is 2.33. The van der Waals surface area contributed by atoms with Gasteiger partial charge in [-0.15, -0.1) is 0 Å². The molecule has 1 saturated heterocycles. The van der Waals surface area contributed by atoms with Crippen LogP contribution < -0.4 is 25.0 Å². The minimum atomic E-state index is -0.467. The third-order valence-electron chi connectivity index (χ3n) is 6.76. The summed E-state index contributed by atoms with van der Waals surface area (Å²) in [6, 6.07) is 6.81. The van der Waals surface area contributed by atoms with E-state index in [-0.39, 0.29) is 24.4 Å². The van der Waals surface area contributed by atoms with Crippen molar-refractivity contribution < 1.29 is 28.2 Å². The predicted molar refractivity (Wildman–Crippen MR) is 135 cm³/mol. The van der Waals surface area contributed by atoms with Crippen LogP contribution in [0, 0.1) is 11.7 Å². The Kier molecular flexibility index (Phi) is 7.43. The van der Waals surface area contributed by atoms with Crippen LogP contribution in [0.4, 0.5) is 20.8 Å². The zero-order valence-electron chi connectivity index (χ0n) is 21.1. The number of benzene rings is 1. The summed E-state index contributed by atoms with van der Waals surface area (Å²) in [6.45, 7) is 3.03. The molecular weight excluding hydrogens is 481 g/mol. The second-order valence-electron chi connectivity index (χ2n) is 9.93. The molecule has 2 aliphatic heterocycles. The number of anilines is 2. The van der Waals surface area contributed by atoms with Gasteiger partial charge in [0.15, 0.2) is 18.2 Å². The van der Waals surface area contributed by atoms with Crippen LogP contribution in [0.15, 0.2) is 24.3 Å². The molecule has 3 aliphatic rings. The third kappa shape index (κ3) is 5.94. The van der Waals surface area contributed by atoms with Crippen LogP contribution in [-0.4, -0.2) is 81.5 Å². The van der Waals surface area contributed by atoms with Gasteiger partial charge in [-0.1, -0.05) is 0 Å². The summed E-state index contributed by atoms with van der Waals surface area (Å²) >= 11 is 0. The first-order chi connectivity index (χ1) is 17.9. The molecule has 0 saturated carbocycles. The minimum absolute atomic E-state index is 0.0523. The van der Waals surface area contributed by atoms with Crippen LogP contribution in [0.1, 0.15) is 17.5 Å². The average Bonchev–Trinajstić information content (AvgIpc) is 3.44. The smallest absolute Gasteiger partial charge is 0.415 e. The maximum Gasteiger partial charge on any atom is 0.415 e. The molecule has 10 nitrogen and oxygen atoms in total. The average molecular weight is 514 g/mol. The van der Waals surface area contributed by atoms with Crippen molar-refractivity contribution in [1.82, 2.24) is 15.2 Å². The van der Waals surface area contributed by atoms with Crippen molar-refractivity contribution in [3.8, 4) is 11.5 Å². The van der Waals surface area contributed by atoms with Gasteiger partial charge < -0.3 is 29.7 Å². The van der Waals surface area contributed by atoms with Crippen LogP contribution in [0.3, 0.4) is 0 Å². The van der Waals surface area contributed by atoms with Crippen molar-refractivity contribution in [2.45, 2.75) is 25.4 Å². The first-order valence-electron chi connectivity index (χ1n) is 12.6. The number of cyclic esters (lactones) is 1.